The van der Waals surface area contributed by atoms with Gasteiger partial charge in [0.15, 0.2) is 0 Å². The largest absolute Gasteiger partial charge is 0.444 e. The summed E-state index contributed by atoms with van der Waals surface area (Å²) in [5, 5.41) is 3.22. The average molecular weight is 232 g/mol. The lowest BCUT2D eigenvalue weighted by molar-refractivity contribution is 0.453. The molecule has 0 radical (unpaired) electrons. The summed E-state index contributed by atoms with van der Waals surface area (Å²) in [6.45, 7) is 5.79. The number of nitrogens with two attached hydrogens (primary N) is 1. The fourth-order valence-corrected chi connectivity index (χ4v) is 1.50. The second-order valence-corrected chi connectivity index (χ2v) is 4.10. The van der Waals surface area contributed by atoms with Crippen LogP contribution in [-0.4, -0.2) is 9.97 Å². The van der Waals surface area contributed by atoms with Crippen LogP contribution in [0.5, 0.6) is 0 Å². The van der Waals surface area contributed by atoms with Crippen molar-refractivity contribution in [2.24, 2.45) is 0 Å². The van der Waals surface area contributed by atoms with Crippen molar-refractivity contribution in [3.8, 4) is 0 Å². The fourth-order valence-electron chi connectivity index (χ4n) is 1.50. The first-order valence-electron chi connectivity index (χ1n) is 5.47. The number of nitrogen functional groups attached to an aromatic ring is 1. The molecule has 5 heteroatoms. The first-order valence-corrected chi connectivity index (χ1v) is 5.47. The molecule has 2 aromatic rings. The zero-order chi connectivity index (χ0) is 12.4. The number of anilines is 2. The van der Waals surface area contributed by atoms with Gasteiger partial charge in [-0.1, -0.05) is 0 Å². The molecule has 1 unspecified atom stereocenters. The van der Waals surface area contributed by atoms with E-state index in [0.29, 0.717) is 11.6 Å². The standard InChI is InChI=1S/C12H16N4O/c1-7-4-11(14-6-10(7)13)16-9(3)12-15-5-8(2)17-12/h4-6,9H,13H2,1-3H3,(H,14,16). The quantitative estimate of drug-likeness (QED) is 0.849. The van der Waals surface area contributed by atoms with Crippen LogP contribution in [-0.2, 0) is 0 Å². The van der Waals surface area contributed by atoms with Crippen molar-refractivity contribution in [2.75, 3.05) is 11.1 Å². The maximum Gasteiger partial charge on any atom is 0.216 e. The van der Waals surface area contributed by atoms with Gasteiger partial charge in [-0.2, -0.15) is 0 Å². The first kappa shape index (κ1) is 11.4. The molecule has 0 aliphatic heterocycles. The molecule has 0 amide bonds. The van der Waals surface area contributed by atoms with Gasteiger partial charge in [0.2, 0.25) is 5.89 Å². The Balaban J connectivity index is 2.12. The smallest absolute Gasteiger partial charge is 0.216 e. The van der Waals surface area contributed by atoms with E-state index in [4.69, 9.17) is 10.2 Å². The summed E-state index contributed by atoms with van der Waals surface area (Å²) in [6, 6.07) is 1.88. The number of pyridine rings is 1. The number of nitrogens with zero attached hydrogens (tertiary/aromatic N) is 2. The molecule has 2 heterocycles. The van der Waals surface area contributed by atoms with Crippen LogP contribution >= 0.6 is 0 Å². The second-order valence-electron chi connectivity index (χ2n) is 4.10. The lowest BCUT2D eigenvalue weighted by Crippen LogP contribution is -2.08. The Morgan fingerprint density at radius 3 is 2.65 bits per heavy atom. The summed E-state index contributed by atoms with van der Waals surface area (Å²) in [5.41, 5.74) is 7.40. The van der Waals surface area contributed by atoms with Gasteiger partial charge in [-0.25, -0.2) is 9.97 Å². The van der Waals surface area contributed by atoms with Gasteiger partial charge in [0, 0.05) is 0 Å². The van der Waals surface area contributed by atoms with Crippen molar-refractivity contribution in [1.82, 2.24) is 9.97 Å². The summed E-state index contributed by atoms with van der Waals surface area (Å²) >= 11 is 0. The lowest BCUT2D eigenvalue weighted by atomic mass is 10.2. The highest BCUT2D eigenvalue weighted by Gasteiger charge is 2.11. The number of rotatable bonds is 3. The van der Waals surface area contributed by atoms with Crippen molar-refractivity contribution in [3.63, 3.8) is 0 Å². The number of aryl methyl sites for hydroxylation is 2. The minimum Gasteiger partial charge on any atom is -0.444 e. The van der Waals surface area contributed by atoms with Gasteiger partial charge >= 0.3 is 0 Å². The number of nitrogens with one attached hydrogen (secondary N) is 1. The SMILES string of the molecule is Cc1cnc(C(C)Nc2cc(C)c(N)cn2)o1. The van der Waals surface area contributed by atoms with Crippen LogP contribution < -0.4 is 11.1 Å². The molecule has 17 heavy (non-hydrogen) atoms. The topological polar surface area (TPSA) is 77.0 Å². The van der Waals surface area contributed by atoms with Crippen molar-refractivity contribution in [3.05, 3.63) is 35.7 Å². The van der Waals surface area contributed by atoms with Crippen LogP contribution in [0.1, 0.15) is 30.2 Å². The third-order valence-corrected chi connectivity index (χ3v) is 2.53. The van der Waals surface area contributed by atoms with Gasteiger partial charge in [-0.3, -0.25) is 0 Å². The molecule has 0 aromatic carbocycles. The summed E-state index contributed by atoms with van der Waals surface area (Å²) < 4.78 is 5.45. The van der Waals surface area contributed by atoms with Crippen molar-refractivity contribution in [2.45, 2.75) is 26.8 Å². The van der Waals surface area contributed by atoms with E-state index in [0.717, 1.165) is 17.1 Å². The third kappa shape index (κ3) is 2.55. The summed E-state index contributed by atoms with van der Waals surface area (Å²) in [7, 11) is 0. The Kier molecular flexibility index (Phi) is 2.99. The van der Waals surface area contributed by atoms with Gasteiger partial charge < -0.3 is 15.5 Å². The Bertz CT molecular complexity index is 521. The first-order chi connectivity index (χ1) is 8.06. The Labute approximate surface area is 100 Å². The molecule has 90 valence electrons. The van der Waals surface area contributed by atoms with Crippen LogP contribution in [0.4, 0.5) is 11.5 Å². The van der Waals surface area contributed by atoms with E-state index in [2.05, 4.69) is 15.3 Å². The second kappa shape index (κ2) is 4.45. The highest BCUT2D eigenvalue weighted by molar-refractivity contribution is 5.51. The van der Waals surface area contributed by atoms with E-state index in [9.17, 15) is 0 Å². The number of hydrogen-bond acceptors (Lipinski definition) is 5. The molecule has 0 aliphatic carbocycles. The molecule has 5 nitrogen and oxygen atoms in total. The summed E-state index contributed by atoms with van der Waals surface area (Å²) in [5.74, 6) is 2.22. The number of hydrogen-bond donors (Lipinski definition) is 2. The van der Waals surface area contributed by atoms with E-state index in [-0.39, 0.29) is 6.04 Å². The van der Waals surface area contributed by atoms with Crippen molar-refractivity contribution in [1.29, 1.82) is 0 Å². The number of oxazole rings is 1. The van der Waals surface area contributed by atoms with Gasteiger partial charge in [0.05, 0.1) is 18.1 Å². The zero-order valence-electron chi connectivity index (χ0n) is 10.2. The fraction of sp³-hybridized carbons (Fsp3) is 0.333. The van der Waals surface area contributed by atoms with E-state index < -0.39 is 0 Å². The molecular formula is C12H16N4O. The summed E-state index contributed by atoms with van der Waals surface area (Å²) in [6.07, 6.45) is 3.35. The maximum atomic E-state index is 5.71. The average Bonchev–Trinajstić information content (AvgIpc) is 2.70. The molecule has 2 rings (SSSR count). The van der Waals surface area contributed by atoms with E-state index in [1.54, 1.807) is 12.4 Å². The van der Waals surface area contributed by atoms with Crippen molar-refractivity contribution < 1.29 is 4.42 Å². The highest BCUT2D eigenvalue weighted by atomic mass is 16.4. The predicted molar refractivity (Wildman–Crippen MR) is 66.7 cm³/mol. The Morgan fingerprint density at radius 2 is 2.06 bits per heavy atom. The van der Waals surface area contributed by atoms with Crippen molar-refractivity contribution >= 4 is 11.5 Å². The van der Waals surface area contributed by atoms with E-state index >= 15 is 0 Å². The minimum absolute atomic E-state index is 0.0285. The minimum atomic E-state index is -0.0285. The molecule has 0 saturated heterocycles. The highest BCUT2D eigenvalue weighted by Crippen LogP contribution is 2.19. The molecule has 0 aliphatic rings. The van der Waals surface area contributed by atoms with Crippen LogP contribution in [0.2, 0.25) is 0 Å². The molecule has 0 bridgehead atoms. The molecule has 1 atom stereocenters. The Hall–Kier alpha value is -2.04. The van der Waals surface area contributed by atoms with Crippen LogP contribution in [0.3, 0.4) is 0 Å². The molecule has 0 fully saturated rings. The number of aromatic nitrogens is 2. The molecular weight excluding hydrogens is 216 g/mol. The van der Waals surface area contributed by atoms with Gasteiger partial charge in [0.25, 0.3) is 0 Å². The van der Waals surface area contributed by atoms with Gasteiger partial charge in [-0.05, 0) is 32.4 Å². The normalized spacial score (nSPS) is 12.4. The molecule has 2 aromatic heterocycles. The van der Waals surface area contributed by atoms with Crippen LogP contribution in [0.15, 0.2) is 22.9 Å². The Morgan fingerprint density at radius 1 is 1.29 bits per heavy atom. The van der Waals surface area contributed by atoms with Crippen LogP contribution in [0.25, 0.3) is 0 Å². The van der Waals surface area contributed by atoms with Gasteiger partial charge in [-0.15, -0.1) is 0 Å². The third-order valence-electron chi connectivity index (χ3n) is 2.53. The zero-order valence-corrected chi connectivity index (χ0v) is 10.2. The lowest BCUT2D eigenvalue weighted by Gasteiger charge is -2.12. The van der Waals surface area contributed by atoms with Crippen LogP contribution in [0, 0.1) is 13.8 Å². The molecule has 0 spiro atoms. The van der Waals surface area contributed by atoms with E-state index in [1.165, 1.54) is 0 Å². The maximum absolute atomic E-state index is 5.71. The monoisotopic (exact) mass is 232 g/mol. The molecule has 0 saturated carbocycles. The molecule has 3 N–H and O–H groups in total. The van der Waals surface area contributed by atoms with Gasteiger partial charge in [0.1, 0.15) is 17.6 Å². The predicted octanol–water partition coefficient (Wildman–Crippen LogP) is 2.44. The summed E-state index contributed by atoms with van der Waals surface area (Å²) in [4.78, 5) is 8.38. The van der Waals surface area contributed by atoms with E-state index in [1.807, 2.05) is 26.8 Å².